The van der Waals surface area contributed by atoms with Gasteiger partial charge < -0.3 is 20.1 Å². The van der Waals surface area contributed by atoms with Gasteiger partial charge in [0.25, 0.3) is 0 Å². The van der Waals surface area contributed by atoms with Crippen LogP contribution in [0, 0.1) is 5.92 Å². The smallest absolute Gasteiger partial charge is 0.145 e. The summed E-state index contributed by atoms with van der Waals surface area (Å²) in [6.07, 6.45) is 3.91. The minimum Gasteiger partial charge on any atom is -0.492 e. The number of ether oxygens (including phenoxy) is 2. The maximum Gasteiger partial charge on any atom is 0.145 e. The van der Waals surface area contributed by atoms with Crippen molar-refractivity contribution in [3.63, 3.8) is 0 Å². The number of halogens is 1. The van der Waals surface area contributed by atoms with Crippen LogP contribution in [0.2, 0.25) is 5.02 Å². The molecule has 1 saturated heterocycles. The average Bonchev–Trinajstić information content (AvgIpc) is 3.37. The monoisotopic (exact) mass is 481 g/mol. The zero-order valence-corrected chi connectivity index (χ0v) is 19.5. The number of nitrogens with zero attached hydrogens (tertiary/aromatic N) is 3. The molecule has 1 atom stereocenters. The Morgan fingerprint density at radius 2 is 2.09 bits per heavy atom. The van der Waals surface area contributed by atoms with Crippen molar-refractivity contribution in [2.75, 3.05) is 25.0 Å². The number of hydrogen-bond donors (Lipinski definition) is 2. The lowest BCUT2D eigenvalue weighted by Gasteiger charge is -2.23. The third-order valence-electron chi connectivity index (χ3n) is 5.55. The van der Waals surface area contributed by atoms with Crippen molar-refractivity contribution < 1.29 is 9.47 Å². The van der Waals surface area contributed by atoms with Crippen LogP contribution in [0.4, 0.5) is 11.5 Å². The van der Waals surface area contributed by atoms with Gasteiger partial charge in [-0.15, -0.1) is 11.3 Å². The van der Waals surface area contributed by atoms with Crippen LogP contribution >= 0.6 is 22.9 Å². The highest BCUT2D eigenvalue weighted by molar-refractivity contribution is 7.07. The Hall–Kier alpha value is -2.94. The SMILES string of the molecule is Clc1cc(Nc2ncnc3cccc(OC[C@H]4CCCNC4)c23)ccc1OCc1cscn1. The Balaban J connectivity index is 1.34. The second-order valence-corrected chi connectivity index (χ2v) is 9.06. The normalized spacial score (nSPS) is 16.0. The number of thiazole rings is 1. The minimum absolute atomic E-state index is 0.379. The third-order valence-corrected chi connectivity index (χ3v) is 6.48. The summed E-state index contributed by atoms with van der Waals surface area (Å²) in [5.74, 6) is 2.55. The van der Waals surface area contributed by atoms with Gasteiger partial charge in [0.15, 0.2) is 0 Å². The summed E-state index contributed by atoms with van der Waals surface area (Å²) < 4.78 is 12.0. The van der Waals surface area contributed by atoms with Crippen molar-refractivity contribution in [3.05, 3.63) is 64.3 Å². The second kappa shape index (κ2) is 10.3. The predicted molar refractivity (Wildman–Crippen MR) is 132 cm³/mol. The highest BCUT2D eigenvalue weighted by atomic mass is 35.5. The number of hydrogen-bond acceptors (Lipinski definition) is 8. The van der Waals surface area contributed by atoms with Crippen molar-refractivity contribution in [1.82, 2.24) is 20.3 Å². The van der Waals surface area contributed by atoms with E-state index in [1.54, 1.807) is 11.8 Å². The number of anilines is 2. The summed E-state index contributed by atoms with van der Waals surface area (Å²) in [5.41, 5.74) is 4.28. The first-order valence-corrected chi connectivity index (χ1v) is 12.2. The van der Waals surface area contributed by atoms with E-state index in [2.05, 4.69) is 25.6 Å². The molecule has 1 aliphatic rings. The molecule has 0 spiro atoms. The number of aromatic nitrogens is 3. The maximum atomic E-state index is 6.47. The van der Waals surface area contributed by atoms with E-state index in [0.717, 1.165) is 41.1 Å². The van der Waals surface area contributed by atoms with Gasteiger partial charge in [-0.1, -0.05) is 17.7 Å². The summed E-state index contributed by atoms with van der Waals surface area (Å²) in [6.45, 7) is 3.12. The van der Waals surface area contributed by atoms with Gasteiger partial charge in [-0.25, -0.2) is 15.0 Å². The molecule has 0 aliphatic carbocycles. The topological polar surface area (TPSA) is 81.2 Å². The number of fused-ring (bicyclic) bond motifs is 1. The Bertz CT molecular complexity index is 1210. The Labute approximate surface area is 201 Å². The largest absolute Gasteiger partial charge is 0.492 e. The summed E-state index contributed by atoms with van der Waals surface area (Å²) >= 11 is 8.01. The van der Waals surface area contributed by atoms with Crippen LogP contribution in [-0.2, 0) is 6.61 Å². The fourth-order valence-corrected chi connectivity index (χ4v) is 4.64. The molecule has 4 aromatic rings. The van der Waals surface area contributed by atoms with E-state index in [9.17, 15) is 0 Å². The molecule has 2 N–H and O–H groups in total. The van der Waals surface area contributed by atoms with E-state index in [1.807, 2.05) is 41.8 Å². The van der Waals surface area contributed by atoms with Crippen molar-refractivity contribution >= 4 is 45.3 Å². The minimum atomic E-state index is 0.379. The molecule has 0 radical (unpaired) electrons. The Kier molecular flexibility index (Phi) is 6.85. The first-order chi connectivity index (χ1) is 16.3. The Morgan fingerprint density at radius 3 is 2.91 bits per heavy atom. The molecule has 7 nitrogen and oxygen atoms in total. The van der Waals surface area contributed by atoms with Gasteiger partial charge in [-0.05, 0) is 49.7 Å². The number of nitrogens with one attached hydrogen (secondary N) is 2. The van der Waals surface area contributed by atoms with Crippen LogP contribution in [0.1, 0.15) is 18.5 Å². The van der Waals surface area contributed by atoms with Crippen molar-refractivity contribution in [1.29, 1.82) is 0 Å². The molecule has 0 unspecified atom stereocenters. The summed E-state index contributed by atoms with van der Waals surface area (Å²) in [7, 11) is 0. The lowest BCUT2D eigenvalue weighted by molar-refractivity contribution is 0.220. The highest BCUT2D eigenvalue weighted by Crippen LogP contribution is 2.34. The highest BCUT2D eigenvalue weighted by Gasteiger charge is 2.16. The maximum absolute atomic E-state index is 6.47. The van der Waals surface area contributed by atoms with E-state index in [1.165, 1.54) is 24.2 Å². The van der Waals surface area contributed by atoms with Crippen molar-refractivity contribution in [2.24, 2.45) is 5.92 Å². The summed E-state index contributed by atoms with van der Waals surface area (Å²) in [6, 6.07) is 11.5. The van der Waals surface area contributed by atoms with Gasteiger partial charge in [0, 0.05) is 23.5 Å². The zero-order valence-electron chi connectivity index (χ0n) is 18.0. The average molecular weight is 482 g/mol. The van der Waals surface area contributed by atoms with Crippen LogP contribution < -0.4 is 20.1 Å². The van der Waals surface area contributed by atoms with E-state index < -0.39 is 0 Å². The fourth-order valence-electron chi connectivity index (χ4n) is 3.86. The molecule has 0 amide bonds. The zero-order chi connectivity index (χ0) is 22.5. The quantitative estimate of drug-likeness (QED) is 0.346. The molecule has 1 fully saturated rings. The van der Waals surface area contributed by atoms with E-state index in [4.69, 9.17) is 21.1 Å². The van der Waals surface area contributed by atoms with E-state index >= 15 is 0 Å². The molecule has 0 saturated carbocycles. The molecular weight excluding hydrogens is 458 g/mol. The predicted octanol–water partition coefficient (Wildman–Crippen LogP) is 5.44. The fraction of sp³-hybridized carbons (Fsp3) is 0.292. The van der Waals surface area contributed by atoms with Crippen LogP contribution in [-0.4, -0.2) is 34.6 Å². The molecule has 9 heteroatoms. The molecule has 0 bridgehead atoms. The van der Waals surface area contributed by atoms with Crippen LogP contribution in [0.15, 0.2) is 53.6 Å². The van der Waals surface area contributed by atoms with Crippen LogP contribution in [0.25, 0.3) is 10.9 Å². The van der Waals surface area contributed by atoms with Gasteiger partial charge >= 0.3 is 0 Å². The summed E-state index contributed by atoms with van der Waals surface area (Å²) in [5, 5.41) is 10.1. The standard InChI is InChI=1S/C24H24ClN5O2S/c25-19-9-17(6-7-21(19)32-12-18-13-33-15-29-18)30-24-23-20(27-14-28-24)4-1-5-22(23)31-11-16-3-2-8-26-10-16/h1,4-7,9,13-16,26H,2-3,8,10-12H2,(H,27,28,30)/t16-/m0/s1. The van der Waals surface area contributed by atoms with E-state index in [0.29, 0.717) is 35.7 Å². The second-order valence-electron chi connectivity index (χ2n) is 7.93. The van der Waals surface area contributed by atoms with Crippen LogP contribution in [0.3, 0.4) is 0 Å². The number of benzene rings is 2. The van der Waals surface area contributed by atoms with Gasteiger partial charge in [-0.3, -0.25) is 0 Å². The number of piperidine rings is 1. The van der Waals surface area contributed by atoms with Crippen LogP contribution in [0.5, 0.6) is 11.5 Å². The molecule has 2 aromatic heterocycles. The Morgan fingerprint density at radius 1 is 1.12 bits per heavy atom. The molecule has 2 aromatic carbocycles. The molecule has 3 heterocycles. The van der Waals surface area contributed by atoms with E-state index in [-0.39, 0.29) is 0 Å². The van der Waals surface area contributed by atoms with Crippen molar-refractivity contribution in [3.8, 4) is 11.5 Å². The van der Waals surface area contributed by atoms with Gasteiger partial charge in [0.1, 0.15) is 30.3 Å². The lowest BCUT2D eigenvalue weighted by Crippen LogP contribution is -2.33. The molecule has 33 heavy (non-hydrogen) atoms. The lowest BCUT2D eigenvalue weighted by atomic mass is 10.0. The molecule has 1 aliphatic heterocycles. The number of rotatable bonds is 8. The van der Waals surface area contributed by atoms with Crippen molar-refractivity contribution in [2.45, 2.75) is 19.4 Å². The molecule has 170 valence electrons. The summed E-state index contributed by atoms with van der Waals surface area (Å²) in [4.78, 5) is 13.1. The van der Waals surface area contributed by atoms with Gasteiger partial charge in [0.05, 0.1) is 33.7 Å². The third kappa shape index (κ3) is 5.35. The van der Waals surface area contributed by atoms with Gasteiger partial charge in [0.2, 0.25) is 0 Å². The first-order valence-electron chi connectivity index (χ1n) is 10.9. The first kappa shape index (κ1) is 21.9. The molecular formula is C24H24ClN5O2S. The molecule has 5 rings (SSSR count). The van der Waals surface area contributed by atoms with Gasteiger partial charge in [-0.2, -0.15) is 0 Å².